The Labute approximate surface area is 140 Å². The van der Waals surface area contributed by atoms with Gasteiger partial charge in [-0.2, -0.15) is 0 Å². The molecule has 1 aliphatic carbocycles. The number of amides is 1. The maximum atomic E-state index is 11.7. The van der Waals surface area contributed by atoms with E-state index in [1.807, 2.05) is 13.0 Å². The molecule has 0 spiro atoms. The average molecular weight is 343 g/mol. The first-order valence-corrected chi connectivity index (χ1v) is 7.96. The summed E-state index contributed by atoms with van der Waals surface area (Å²) >= 11 is 12.1. The highest BCUT2D eigenvalue weighted by Crippen LogP contribution is 2.25. The fourth-order valence-corrected chi connectivity index (χ4v) is 2.57. The summed E-state index contributed by atoms with van der Waals surface area (Å²) in [5.74, 6) is 0.520. The van der Waals surface area contributed by atoms with Gasteiger partial charge < -0.3 is 16.0 Å². The molecule has 120 valence electrons. The normalized spacial score (nSPS) is 16.1. The number of carbonyl (C=O) groups is 1. The number of aliphatic imine (C=N–C) groups is 1. The Morgan fingerprint density at radius 1 is 1.41 bits per heavy atom. The lowest BCUT2D eigenvalue weighted by Gasteiger charge is -2.19. The Hall–Kier alpha value is -1.46. The van der Waals surface area contributed by atoms with Gasteiger partial charge in [0.2, 0.25) is 5.91 Å². The number of benzene rings is 1. The van der Waals surface area contributed by atoms with Gasteiger partial charge in [0.15, 0.2) is 5.96 Å². The highest BCUT2D eigenvalue weighted by molar-refractivity contribution is 6.35. The number of carbonyl (C=O) groups excluding carboxylic acids is 1. The van der Waals surface area contributed by atoms with E-state index in [2.05, 4.69) is 20.9 Å². The third kappa shape index (κ3) is 5.07. The Morgan fingerprint density at radius 3 is 2.73 bits per heavy atom. The summed E-state index contributed by atoms with van der Waals surface area (Å²) in [5.41, 5.74) is 0.913. The summed E-state index contributed by atoms with van der Waals surface area (Å²) in [6.45, 7) is 2.16. The van der Waals surface area contributed by atoms with Crippen LogP contribution in [0.15, 0.2) is 23.2 Å². The van der Waals surface area contributed by atoms with Crippen LogP contribution in [0, 0.1) is 0 Å². The topological polar surface area (TPSA) is 65.5 Å². The molecule has 3 N–H and O–H groups in total. The SMILES string of the molecule is CN=C(NCC(=O)NC1CC1)NC(C)c1ccc(Cl)cc1Cl. The van der Waals surface area contributed by atoms with Crippen LogP contribution in [0.4, 0.5) is 0 Å². The summed E-state index contributed by atoms with van der Waals surface area (Å²) in [6, 6.07) is 5.66. The molecule has 1 aromatic rings. The highest BCUT2D eigenvalue weighted by atomic mass is 35.5. The van der Waals surface area contributed by atoms with Gasteiger partial charge in [-0.05, 0) is 37.5 Å². The molecule has 1 aromatic carbocycles. The first-order valence-electron chi connectivity index (χ1n) is 7.21. The molecule has 0 heterocycles. The maximum absolute atomic E-state index is 11.7. The molecule has 1 atom stereocenters. The number of halogens is 2. The fourth-order valence-electron chi connectivity index (χ4n) is 2.00. The van der Waals surface area contributed by atoms with Crippen LogP contribution < -0.4 is 16.0 Å². The van der Waals surface area contributed by atoms with Gasteiger partial charge in [0.1, 0.15) is 0 Å². The molecule has 1 saturated carbocycles. The lowest BCUT2D eigenvalue weighted by atomic mass is 10.1. The van der Waals surface area contributed by atoms with E-state index in [1.54, 1.807) is 19.2 Å². The molecule has 22 heavy (non-hydrogen) atoms. The Morgan fingerprint density at radius 2 is 2.14 bits per heavy atom. The number of hydrogen-bond acceptors (Lipinski definition) is 2. The Kier molecular flexibility index (Phi) is 5.91. The van der Waals surface area contributed by atoms with E-state index in [-0.39, 0.29) is 18.5 Å². The second-order valence-corrected chi connectivity index (χ2v) is 6.14. The van der Waals surface area contributed by atoms with E-state index < -0.39 is 0 Å². The van der Waals surface area contributed by atoms with Crippen LogP contribution in [0.3, 0.4) is 0 Å². The van der Waals surface area contributed by atoms with Crippen molar-refractivity contribution in [2.45, 2.75) is 31.8 Å². The summed E-state index contributed by atoms with van der Waals surface area (Å²) in [7, 11) is 1.66. The van der Waals surface area contributed by atoms with Crippen molar-refractivity contribution in [1.82, 2.24) is 16.0 Å². The van der Waals surface area contributed by atoms with Gasteiger partial charge in [0.05, 0.1) is 12.6 Å². The van der Waals surface area contributed by atoms with Crippen molar-refractivity contribution in [3.05, 3.63) is 33.8 Å². The number of nitrogens with one attached hydrogen (secondary N) is 3. The Bertz CT molecular complexity index is 573. The van der Waals surface area contributed by atoms with Crippen molar-refractivity contribution in [2.75, 3.05) is 13.6 Å². The summed E-state index contributed by atoms with van der Waals surface area (Å²) in [4.78, 5) is 15.8. The lowest BCUT2D eigenvalue weighted by Crippen LogP contribution is -2.44. The van der Waals surface area contributed by atoms with Crippen LogP contribution in [0.25, 0.3) is 0 Å². The molecule has 0 bridgehead atoms. The number of nitrogens with zero attached hydrogens (tertiary/aromatic N) is 1. The van der Waals surface area contributed by atoms with E-state index in [0.717, 1.165) is 18.4 Å². The van der Waals surface area contributed by atoms with Crippen LogP contribution in [0.1, 0.15) is 31.4 Å². The molecule has 0 saturated heterocycles. The van der Waals surface area contributed by atoms with Gasteiger partial charge in [-0.3, -0.25) is 9.79 Å². The van der Waals surface area contributed by atoms with Gasteiger partial charge in [0.25, 0.3) is 0 Å². The largest absolute Gasteiger partial charge is 0.352 e. The molecular formula is C15H20Cl2N4O. The summed E-state index contributed by atoms with van der Waals surface area (Å²) < 4.78 is 0. The zero-order valence-corrected chi connectivity index (χ0v) is 14.1. The second-order valence-electron chi connectivity index (χ2n) is 5.30. The summed E-state index contributed by atoms with van der Waals surface area (Å²) in [5, 5.41) is 10.3. The molecule has 1 unspecified atom stereocenters. The molecular weight excluding hydrogens is 323 g/mol. The minimum absolute atomic E-state index is 0.0253. The fraction of sp³-hybridized carbons (Fsp3) is 0.467. The van der Waals surface area contributed by atoms with E-state index in [1.165, 1.54) is 0 Å². The predicted octanol–water partition coefficient (Wildman–Crippen LogP) is 2.50. The molecule has 0 aliphatic heterocycles. The first kappa shape index (κ1) is 16.9. The van der Waals surface area contributed by atoms with Crippen LogP contribution in [-0.2, 0) is 4.79 Å². The van der Waals surface area contributed by atoms with Crippen molar-refractivity contribution in [3.8, 4) is 0 Å². The monoisotopic (exact) mass is 342 g/mol. The van der Waals surface area contributed by atoms with Crippen molar-refractivity contribution >= 4 is 35.1 Å². The minimum atomic E-state index is -0.0672. The summed E-state index contributed by atoms with van der Waals surface area (Å²) in [6.07, 6.45) is 2.15. The number of rotatable bonds is 5. The molecule has 0 radical (unpaired) electrons. The van der Waals surface area contributed by atoms with Crippen LogP contribution >= 0.6 is 23.2 Å². The lowest BCUT2D eigenvalue weighted by molar-refractivity contribution is -0.120. The smallest absolute Gasteiger partial charge is 0.239 e. The van der Waals surface area contributed by atoms with Gasteiger partial charge in [-0.25, -0.2) is 0 Å². The van der Waals surface area contributed by atoms with Gasteiger partial charge in [-0.1, -0.05) is 29.3 Å². The van der Waals surface area contributed by atoms with Crippen molar-refractivity contribution < 1.29 is 4.79 Å². The zero-order chi connectivity index (χ0) is 16.1. The molecule has 1 aliphatic rings. The average Bonchev–Trinajstić information content (AvgIpc) is 3.27. The van der Waals surface area contributed by atoms with E-state index in [9.17, 15) is 4.79 Å². The van der Waals surface area contributed by atoms with Gasteiger partial charge >= 0.3 is 0 Å². The zero-order valence-electron chi connectivity index (χ0n) is 12.6. The van der Waals surface area contributed by atoms with Gasteiger partial charge in [0, 0.05) is 23.1 Å². The third-order valence-electron chi connectivity index (χ3n) is 3.36. The maximum Gasteiger partial charge on any atom is 0.239 e. The molecule has 5 nitrogen and oxygen atoms in total. The molecule has 1 fully saturated rings. The van der Waals surface area contributed by atoms with E-state index in [0.29, 0.717) is 22.0 Å². The van der Waals surface area contributed by atoms with Crippen molar-refractivity contribution in [2.24, 2.45) is 4.99 Å². The standard InChI is InChI=1S/C15H20Cl2N4O/c1-9(12-6-3-10(16)7-13(12)17)20-15(18-2)19-8-14(22)21-11-4-5-11/h3,6-7,9,11H,4-5,8H2,1-2H3,(H,21,22)(H2,18,19,20). The van der Waals surface area contributed by atoms with Crippen LogP contribution in [-0.4, -0.2) is 31.5 Å². The van der Waals surface area contributed by atoms with Crippen LogP contribution in [0.2, 0.25) is 10.0 Å². The third-order valence-corrected chi connectivity index (χ3v) is 3.93. The van der Waals surface area contributed by atoms with Gasteiger partial charge in [-0.15, -0.1) is 0 Å². The number of hydrogen-bond donors (Lipinski definition) is 3. The van der Waals surface area contributed by atoms with E-state index >= 15 is 0 Å². The molecule has 0 aromatic heterocycles. The predicted molar refractivity (Wildman–Crippen MR) is 90.5 cm³/mol. The first-order chi connectivity index (χ1) is 10.5. The molecule has 1 amide bonds. The van der Waals surface area contributed by atoms with E-state index in [4.69, 9.17) is 23.2 Å². The van der Waals surface area contributed by atoms with Crippen molar-refractivity contribution in [1.29, 1.82) is 0 Å². The second kappa shape index (κ2) is 7.70. The minimum Gasteiger partial charge on any atom is -0.352 e. The number of guanidine groups is 1. The van der Waals surface area contributed by atoms with Crippen LogP contribution in [0.5, 0.6) is 0 Å². The quantitative estimate of drug-likeness (QED) is 0.569. The molecule has 7 heteroatoms. The Balaban J connectivity index is 1.87. The molecule has 2 rings (SSSR count). The highest BCUT2D eigenvalue weighted by Gasteiger charge is 2.23. The van der Waals surface area contributed by atoms with Crippen molar-refractivity contribution in [3.63, 3.8) is 0 Å².